The Bertz CT molecular complexity index is 841. The predicted molar refractivity (Wildman–Crippen MR) is 80.2 cm³/mol. The normalized spacial score (nSPS) is 15.7. The molecule has 1 aliphatic heterocycles. The lowest BCUT2D eigenvalue weighted by Crippen LogP contribution is -2.05. The molecule has 1 N–H and O–H groups in total. The number of phenolic OH excluding ortho intramolecular Hbond substituents is 1. The van der Waals surface area contributed by atoms with Gasteiger partial charge in [0.1, 0.15) is 11.5 Å². The van der Waals surface area contributed by atoms with Crippen molar-refractivity contribution in [3.8, 4) is 11.5 Å². The third-order valence-electron chi connectivity index (χ3n) is 3.27. The number of phenols is 1. The van der Waals surface area contributed by atoms with E-state index in [9.17, 15) is 23.1 Å². The first-order valence-electron chi connectivity index (χ1n) is 6.40. The Balaban J connectivity index is 1.96. The van der Waals surface area contributed by atoms with Gasteiger partial charge in [-0.15, -0.1) is 0 Å². The van der Waals surface area contributed by atoms with Crippen LogP contribution in [-0.4, -0.2) is 10.9 Å². The van der Waals surface area contributed by atoms with Crippen LogP contribution in [0.5, 0.6) is 11.5 Å². The summed E-state index contributed by atoms with van der Waals surface area (Å²) in [6, 6.07) is 7.19. The van der Waals surface area contributed by atoms with E-state index in [2.05, 4.69) is 15.9 Å². The second-order valence-corrected chi connectivity index (χ2v) is 5.71. The molecule has 0 saturated carbocycles. The lowest BCUT2D eigenvalue weighted by atomic mass is 10.1. The van der Waals surface area contributed by atoms with Crippen molar-refractivity contribution in [1.29, 1.82) is 0 Å². The fourth-order valence-electron chi connectivity index (χ4n) is 2.14. The van der Waals surface area contributed by atoms with E-state index in [1.807, 2.05) is 0 Å². The Labute approximate surface area is 137 Å². The second-order valence-electron chi connectivity index (χ2n) is 4.85. The van der Waals surface area contributed by atoms with Crippen molar-refractivity contribution in [3.63, 3.8) is 0 Å². The summed E-state index contributed by atoms with van der Waals surface area (Å²) < 4.78 is 43.5. The topological polar surface area (TPSA) is 46.5 Å². The summed E-state index contributed by atoms with van der Waals surface area (Å²) >= 11 is 3.06. The van der Waals surface area contributed by atoms with Crippen LogP contribution in [-0.2, 0) is 6.18 Å². The molecule has 0 fully saturated rings. The summed E-state index contributed by atoms with van der Waals surface area (Å²) in [5.74, 6) is -0.254. The van der Waals surface area contributed by atoms with Gasteiger partial charge in [0.25, 0.3) is 0 Å². The highest BCUT2D eigenvalue weighted by molar-refractivity contribution is 9.10. The molecule has 0 bridgehead atoms. The van der Waals surface area contributed by atoms with Crippen molar-refractivity contribution in [1.82, 2.24) is 0 Å². The molecule has 0 saturated heterocycles. The molecule has 1 aliphatic rings. The summed E-state index contributed by atoms with van der Waals surface area (Å²) in [4.78, 5) is 12.2. The number of ketones is 1. The average molecular weight is 385 g/mol. The van der Waals surface area contributed by atoms with Gasteiger partial charge in [0.2, 0.25) is 5.78 Å². The molecule has 3 nitrogen and oxygen atoms in total. The number of carbonyl (C=O) groups is 1. The Morgan fingerprint density at radius 3 is 2.52 bits per heavy atom. The Morgan fingerprint density at radius 2 is 1.87 bits per heavy atom. The predicted octanol–water partition coefficient (Wildman–Crippen LogP) is 4.79. The summed E-state index contributed by atoms with van der Waals surface area (Å²) in [5.41, 5.74) is -0.131. The first-order chi connectivity index (χ1) is 10.8. The minimum Gasteiger partial charge on any atom is -0.508 e. The van der Waals surface area contributed by atoms with Gasteiger partial charge in [0.05, 0.1) is 11.1 Å². The maximum absolute atomic E-state index is 12.6. The lowest BCUT2D eigenvalue weighted by Gasteiger charge is -2.08. The van der Waals surface area contributed by atoms with Crippen molar-refractivity contribution in [3.05, 3.63) is 63.3 Å². The molecule has 118 valence electrons. The fraction of sp³-hybridized carbons (Fsp3) is 0.0625. The van der Waals surface area contributed by atoms with E-state index < -0.39 is 17.5 Å². The summed E-state index contributed by atoms with van der Waals surface area (Å²) in [6.07, 6.45) is -3.09. The maximum Gasteiger partial charge on any atom is 0.416 e. The van der Waals surface area contributed by atoms with E-state index in [0.29, 0.717) is 5.56 Å². The number of Topliss-reactive ketones (excluding diaryl/α,β-unsaturated/α-hetero) is 1. The molecule has 0 atom stereocenters. The molecule has 23 heavy (non-hydrogen) atoms. The highest BCUT2D eigenvalue weighted by Gasteiger charge is 2.31. The monoisotopic (exact) mass is 384 g/mol. The molecule has 2 aromatic carbocycles. The smallest absolute Gasteiger partial charge is 0.416 e. The molecule has 7 heteroatoms. The van der Waals surface area contributed by atoms with Crippen LogP contribution >= 0.6 is 15.9 Å². The number of hydrogen-bond donors (Lipinski definition) is 1. The molecule has 0 amide bonds. The molecule has 3 rings (SSSR count). The van der Waals surface area contributed by atoms with Crippen molar-refractivity contribution in [2.45, 2.75) is 6.18 Å². The number of ether oxygens (including phenoxy) is 1. The first kappa shape index (κ1) is 15.6. The number of carbonyl (C=O) groups excluding carboxylic acids is 1. The number of allylic oxidation sites excluding steroid dienone is 1. The minimum absolute atomic E-state index is 0.0222. The van der Waals surface area contributed by atoms with Crippen molar-refractivity contribution in [2.24, 2.45) is 0 Å². The van der Waals surface area contributed by atoms with E-state index >= 15 is 0 Å². The number of rotatable bonds is 1. The number of hydrogen-bond acceptors (Lipinski definition) is 3. The zero-order valence-electron chi connectivity index (χ0n) is 11.3. The van der Waals surface area contributed by atoms with Crippen LogP contribution < -0.4 is 4.74 Å². The van der Waals surface area contributed by atoms with Gasteiger partial charge in [-0.2, -0.15) is 13.2 Å². The Hall–Kier alpha value is -2.28. The fourth-order valence-corrected chi connectivity index (χ4v) is 2.63. The third kappa shape index (κ3) is 2.96. The summed E-state index contributed by atoms with van der Waals surface area (Å²) in [7, 11) is 0. The number of benzene rings is 2. The third-order valence-corrected chi connectivity index (χ3v) is 3.95. The number of fused-ring (bicyclic) bond motifs is 1. The van der Waals surface area contributed by atoms with Gasteiger partial charge in [0.15, 0.2) is 5.76 Å². The van der Waals surface area contributed by atoms with Gasteiger partial charge in [-0.3, -0.25) is 4.79 Å². The van der Waals surface area contributed by atoms with E-state index in [1.54, 1.807) is 0 Å². The average Bonchev–Trinajstić information content (AvgIpc) is 2.76. The molecule has 0 aliphatic carbocycles. The number of aromatic hydroxyl groups is 1. The van der Waals surface area contributed by atoms with Gasteiger partial charge in [-0.25, -0.2) is 0 Å². The molecular formula is C16H8BrF3O3. The van der Waals surface area contributed by atoms with Gasteiger partial charge >= 0.3 is 6.18 Å². The van der Waals surface area contributed by atoms with Crippen molar-refractivity contribution in [2.75, 3.05) is 0 Å². The quantitative estimate of drug-likeness (QED) is 0.719. The first-order valence-corrected chi connectivity index (χ1v) is 7.19. The highest BCUT2D eigenvalue weighted by atomic mass is 79.9. The molecule has 0 aromatic heterocycles. The number of halogens is 4. The molecule has 0 spiro atoms. The molecule has 0 radical (unpaired) electrons. The Kier molecular flexibility index (Phi) is 3.68. The number of alkyl halides is 3. The summed E-state index contributed by atoms with van der Waals surface area (Å²) in [6.45, 7) is 0. The van der Waals surface area contributed by atoms with Gasteiger partial charge in [0, 0.05) is 10.5 Å². The van der Waals surface area contributed by atoms with Crippen LogP contribution in [0.15, 0.2) is 46.6 Å². The highest BCUT2D eigenvalue weighted by Crippen LogP contribution is 2.36. The molecule has 2 aromatic rings. The molecule has 0 unspecified atom stereocenters. The zero-order valence-corrected chi connectivity index (χ0v) is 12.9. The van der Waals surface area contributed by atoms with Crippen molar-refractivity contribution >= 4 is 27.8 Å². The molecular weight excluding hydrogens is 377 g/mol. The van der Waals surface area contributed by atoms with Gasteiger partial charge < -0.3 is 9.84 Å². The lowest BCUT2D eigenvalue weighted by molar-refractivity contribution is -0.137. The Morgan fingerprint density at radius 1 is 1.13 bits per heavy atom. The van der Waals surface area contributed by atoms with Gasteiger partial charge in [-0.05, 0) is 35.9 Å². The summed E-state index contributed by atoms with van der Waals surface area (Å²) in [5, 5.41) is 9.38. The maximum atomic E-state index is 12.6. The SMILES string of the molecule is O=C1/C(=C/c2ccc(C(F)(F)F)cc2Br)Oc2cc(O)ccc21. The van der Waals surface area contributed by atoms with Crippen LogP contribution in [0.3, 0.4) is 0 Å². The largest absolute Gasteiger partial charge is 0.508 e. The van der Waals surface area contributed by atoms with Crippen LogP contribution in [0.25, 0.3) is 6.08 Å². The van der Waals surface area contributed by atoms with E-state index in [4.69, 9.17) is 4.74 Å². The minimum atomic E-state index is -4.44. The molecule has 1 heterocycles. The second kappa shape index (κ2) is 5.42. The van der Waals surface area contributed by atoms with Crippen LogP contribution in [0.1, 0.15) is 21.5 Å². The van der Waals surface area contributed by atoms with Gasteiger partial charge in [-0.1, -0.05) is 22.0 Å². The van der Waals surface area contributed by atoms with E-state index in [-0.39, 0.29) is 27.3 Å². The zero-order chi connectivity index (χ0) is 16.8. The van der Waals surface area contributed by atoms with E-state index in [0.717, 1.165) is 12.1 Å². The van der Waals surface area contributed by atoms with Crippen LogP contribution in [0.4, 0.5) is 13.2 Å². The van der Waals surface area contributed by atoms with Crippen molar-refractivity contribution < 1.29 is 27.8 Å². The van der Waals surface area contributed by atoms with Crippen LogP contribution in [0.2, 0.25) is 0 Å². The van der Waals surface area contributed by atoms with Crippen LogP contribution in [0, 0.1) is 0 Å². The van der Waals surface area contributed by atoms with E-state index in [1.165, 1.54) is 30.3 Å². The standard InChI is InChI=1S/C16H8BrF3O3/c17-12-6-9(16(18,19)20)2-1-8(12)5-14-15(22)11-4-3-10(21)7-13(11)23-14/h1-7,21H/b14-5-.